The Morgan fingerprint density at radius 2 is 1.82 bits per heavy atom. The first kappa shape index (κ1) is 23.1. The fraction of sp³-hybridized carbons (Fsp3) is 0.240. The van der Waals surface area contributed by atoms with Crippen LogP contribution in [0.3, 0.4) is 0 Å². The second-order valence-electron chi connectivity index (χ2n) is 8.10. The molecule has 2 aromatic heterocycles. The van der Waals surface area contributed by atoms with Gasteiger partial charge in [-0.05, 0) is 61.3 Å². The van der Waals surface area contributed by atoms with Crippen molar-refractivity contribution in [2.24, 2.45) is 5.73 Å². The highest BCUT2D eigenvalue weighted by molar-refractivity contribution is 5.75. The van der Waals surface area contributed by atoms with Crippen molar-refractivity contribution >= 4 is 17.0 Å². The van der Waals surface area contributed by atoms with Crippen molar-refractivity contribution < 1.29 is 4.74 Å². The molecule has 34 heavy (non-hydrogen) atoms. The van der Waals surface area contributed by atoms with E-state index in [9.17, 15) is 4.79 Å². The number of rotatable bonds is 9. The Labute approximate surface area is 197 Å². The molecule has 0 unspecified atom stereocenters. The lowest BCUT2D eigenvalue weighted by Crippen LogP contribution is -2.33. The van der Waals surface area contributed by atoms with E-state index in [4.69, 9.17) is 15.9 Å². The Kier molecular flexibility index (Phi) is 6.93. The number of nitrogens with two attached hydrogens (primary N) is 1. The van der Waals surface area contributed by atoms with Crippen molar-refractivity contribution in [1.82, 2.24) is 25.2 Å². The molecular formula is C25H29N7O2. The Balaban J connectivity index is 1.58. The van der Waals surface area contributed by atoms with Gasteiger partial charge in [-0.1, -0.05) is 24.3 Å². The number of hydrogen-bond acceptors (Lipinski definition) is 5. The third-order valence-corrected chi connectivity index (χ3v) is 5.61. The number of ether oxygens (including phenoxy) is 1. The quantitative estimate of drug-likeness (QED) is 0.148. The largest absolute Gasteiger partial charge is 0.497 e. The number of aryl methyl sites for hydroxylation is 1. The van der Waals surface area contributed by atoms with Gasteiger partial charge in [-0.2, -0.15) is 4.98 Å². The first-order valence-electron chi connectivity index (χ1n) is 11.1. The molecule has 9 heteroatoms. The van der Waals surface area contributed by atoms with Crippen LogP contribution in [0.15, 0.2) is 65.6 Å². The normalized spacial score (nSPS) is 11.9. The van der Waals surface area contributed by atoms with Crippen LogP contribution in [0.1, 0.15) is 29.3 Å². The first-order chi connectivity index (χ1) is 16.4. The van der Waals surface area contributed by atoms with Crippen LogP contribution in [0.4, 0.5) is 0 Å². The molecule has 0 saturated carbocycles. The molecule has 9 nitrogen and oxygen atoms in total. The van der Waals surface area contributed by atoms with Gasteiger partial charge in [0.15, 0.2) is 5.96 Å². The number of hydrogen-bond donors (Lipinski definition) is 5. The summed E-state index contributed by atoms with van der Waals surface area (Å²) in [6.45, 7) is 3.28. The second-order valence-corrected chi connectivity index (χ2v) is 8.10. The molecule has 0 aliphatic rings. The SMILES string of the molecule is COc1ccc([C@H](NCCCNC(=N)N)c2ccc(-n3cc4cc(C)[nH]c4nc3=O)cc2)cc1. The number of aromatic nitrogens is 3. The minimum atomic E-state index is -0.329. The fourth-order valence-corrected chi connectivity index (χ4v) is 3.93. The van der Waals surface area contributed by atoms with E-state index < -0.39 is 0 Å². The molecule has 1 atom stereocenters. The van der Waals surface area contributed by atoms with Crippen LogP contribution in [0.2, 0.25) is 0 Å². The standard InChI is InChI=1S/C25H29N7O2/c1-16-14-19-15-32(25(33)31-23(19)30-16)20-8-4-17(5-9-20)22(28-12-3-13-29-24(26)27)18-6-10-21(34-2)11-7-18/h4-11,14-15,22,28H,3,12-13H2,1-2H3,(H4,26,27,29)(H,30,31,33)/t22-/m1/s1. The maximum Gasteiger partial charge on any atom is 0.354 e. The number of nitrogens with zero attached hydrogens (tertiary/aromatic N) is 2. The van der Waals surface area contributed by atoms with E-state index in [0.29, 0.717) is 12.2 Å². The number of benzene rings is 2. The van der Waals surface area contributed by atoms with Crippen LogP contribution in [0, 0.1) is 12.3 Å². The van der Waals surface area contributed by atoms with Crippen LogP contribution in [-0.2, 0) is 0 Å². The first-order valence-corrected chi connectivity index (χ1v) is 11.1. The molecule has 0 bridgehead atoms. The monoisotopic (exact) mass is 459 g/mol. The smallest absolute Gasteiger partial charge is 0.354 e. The molecule has 0 spiro atoms. The summed E-state index contributed by atoms with van der Waals surface area (Å²) in [6, 6.07) is 17.8. The lowest BCUT2D eigenvalue weighted by Gasteiger charge is -2.21. The third-order valence-electron chi connectivity index (χ3n) is 5.61. The van der Waals surface area contributed by atoms with Crippen molar-refractivity contribution in [3.63, 3.8) is 0 Å². The van der Waals surface area contributed by atoms with E-state index in [1.165, 1.54) is 0 Å². The average molecular weight is 460 g/mol. The molecule has 2 aromatic carbocycles. The van der Waals surface area contributed by atoms with E-state index in [0.717, 1.165) is 46.6 Å². The minimum absolute atomic E-state index is 0.0278. The zero-order chi connectivity index (χ0) is 24.1. The predicted octanol–water partition coefficient (Wildman–Crippen LogP) is 2.58. The van der Waals surface area contributed by atoms with Gasteiger partial charge in [0.05, 0.1) is 18.8 Å². The van der Waals surface area contributed by atoms with Gasteiger partial charge in [-0.3, -0.25) is 9.98 Å². The molecule has 0 fully saturated rings. The molecule has 6 N–H and O–H groups in total. The maximum atomic E-state index is 12.6. The number of nitrogens with one attached hydrogen (secondary N) is 4. The Morgan fingerprint density at radius 1 is 1.15 bits per heavy atom. The number of aromatic amines is 1. The third kappa shape index (κ3) is 5.26. The van der Waals surface area contributed by atoms with Gasteiger partial charge in [-0.15, -0.1) is 0 Å². The molecule has 0 amide bonds. The fourth-order valence-electron chi connectivity index (χ4n) is 3.93. The van der Waals surface area contributed by atoms with Crippen LogP contribution in [0.25, 0.3) is 16.7 Å². The Morgan fingerprint density at radius 3 is 2.47 bits per heavy atom. The topological polar surface area (TPSA) is 134 Å². The van der Waals surface area contributed by atoms with Crippen LogP contribution in [0.5, 0.6) is 5.75 Å². The van der Waals surface area contributed by atoms with Gasteiger partial charge in [0.25, 0.3) is 0 Å². The molecule has 4 aromatic rings. The summed E-state index contributed by atoms with van der Waals surface area (Å²) in [5, 5.41) is 14.6. The van der Waals surface area contributed by atoms with Gasteiger partial charge in [0.2, 0.25) is 0 Å². The lowest BCUT2D eigenvalue weighted by molar-refractivity contribution is 0.414. The predicted molar refractivity (Wildman–Crippen MR) is 134 cm³/mol. The van der Waals surface area contributed by atoms with E-state index in [-0.39, 0.29) is 17.7 Å². The number of fused-ring (bicyclic) bond motifs is 1. The summed E-state index contributed by atoms with van der Waals surface area (Å²) in [5.74, 6) is 0.769. The summed E-state index contributed by atoms with van der Waals surface area (Å²) in [6.07, 6.45) is 2.62. The summed E-state index contributed by atoms with van der Waals surface area (Å²) in [5.41, 5.74) is 9.49. The van der Waals surface area contributed by atoms with E-state index >= 15 is 0 Å². The molecular weight excluding hydrogens is 430 g/mol. The highest BCUT2D eigenvalue weighted by Gasteiger charge is 2.15. The summed E-state index contributed by atoms with van der Waals surface area (Å²) < 4.78 is 6.86. The molecule has 0 aliphatic heterocycles. The van der Waals surface area contributed by atoms with Gasteiger partial charge in [-0.25, -0.2) is 4.79 Å². The summed E-state index contributed by atoms with van der Waals surface area (Å²) >= 11 is 0. The number of H-pyrrole nitrogens is 1. The summed E-state index contributed by atoms with van der Waals surface area (Å²) in [7, 11) is 1.65. The van der Waals surface area contributed by atoms with Gasteiger partial charge < -0.3 is 26.1 Å². The lowest BCUT2D eigenvalue weighted by atomic mass is 9.98. The van der Waals surface area contributed by atoms with Crippen LogP contribution in [-0.4, -0.2) is 40.7 Å². The number of guanidine groups is 1. The van der Waals surface area contributed by atoms with Gasteiger partial charge in [0.1, 0.15) is 11.4 Å². The van der Waals surface area contributed by atoms with Crippen molar-refractivity contribution in [2.45, 2.75) is 19.4 Å². The molecule has 0 radical (unpaired) electrons. The maximum absolute atomic E-state index is 12.6. The van der Waals surface area contributed by atoms with E-state index in [2.05, 4.69) is 20.6 Å². The van der Waals surface area contributed by atoms with E-state index in [1.54, 1.807) is 11.7 Å². The molecule has 2 heterocycles. The minimum Gasteiger partial charge on any atom is -0.497 e. The second kappa shape index (κ2) is 10.2. The average Bonchev–Trinajstić information content (AvgIpc) is 3.20. The van der Waals surface area contributed by atoms with Crippen molar-refractivity contribution in [2.75, 3.05) is 20.2 Å². The molecule has 0 saturated heterocycles. The highest BCUT2D eigenvalue weighted by Crippen LogP contribution is 2.25. The van der Waals surface area contributed by atoms with Gasteiger partial charge in [0, 0.05) is 23.8 Å². The van der Waals surface area contributed by atoms with Crippen molar-refractivity contribution in [3.05, 3.63) is 88.1 Å². The zero-order valence-corrected chi connectivity index (χ0v) is 19.3. The van der Waals surface area contributed by atoms with Crippen molar-refractivity contribution in [3.8, 4) is 11.4 Å². The Bertz CT molecular complexity index is 1320. The van der Waals surface area contributed by atoms with Crippen LogP contribution < -0.4 is 26.8 Å². The summed E-state index contributed by atoms with van der Waals surface area (Å²) in [4.78, 5) is 19.8. The molecule has 4 rings (SSSR count). The van der Waals surface area contributed by atoms with Gasteiger partial charge >= 0.3 is 5.69 Å². The van der Waals surface area contributed by atoms with E-state index in [1.807, 2.05) is 67.7 Å². The zero-order valence-electron chi connectivity index (χ0n) is 19.3. The van der Waals surface area contributed by atoms with Crippen LogP contribution >= 0.6 is 0 Å². The number of methoxy groups -OCH3 is 1. The Hall–Kier alpha value is -4.11. The molecule has 0 aliphatic carbocycles. The van der Waals surface area contributed by atoms with Crippen molar-refractivity contribution in [1.29, 1.82) is 5.41 Å². The molecule has 176 valence electrons. The highest BCUT2D eigenvalue weighted by atomic mass is 16.5.